The molecule has 1 saturated carbocycles. The maximum absolute atomic E-state index is 13.7. The number of aromatic nitrogens is 2. The molecule has 0 saturated heterocycles. The molecule has 5 aromatic rings. The van der Waals surface area contributed by atoms with Gasteiger partial charge in [-0.15, -0.1) is 0 Å². The first-order valence-electron chi connectivity index (χ1n) is 11.0. The predicted molar refractivity (Wildman–Crippen MR) is 122 cm³/mol. The van der Waals surface area contributed by atoms with Crippen LogP contribution in [-0.2, 0) is 7.05 Å². The van der Waals surface area contributed by atoms with Gasteiger partial charge >= 0.3 is 0 Å². The smallest absolute Gasteiger partial charge is 0.229 e. The van der Waals surface area contributed by atoms with Gasteiger partial charge in [0, 0.05) is 28.3 Å². The van der Waals surface area contributed by atoms with E-state index in [2.05, 4.69) is 59.9 Å². The molecule has 1 aliphatic carbocycles. The molecule has 2 aromatic carbocycles. The van der Waals surface area contributed by atoms with Gasteiger partial charge in [-0.25, -0.2) is 0 Å². The van der Waals surface area contributed by atoms with Crippen molar-refractivity contribution in [2.45, 2.75) is 38.5 Å². The molecule has 154 valence electrons. The van der Waals surface area contributed by atoms with Gasteiger partial charge in [-0.1, -0.05) is 37.1 Å². The molecule has 3 nitrogen and oxygen atoms in total. The second-order valence-electron chi connectivity index (χ2n) is 8.76. The Bertz CT molecular complexity index is 1480. The summed E-state index contributed by atoms with van der Waals surface area (Å²) >= 11 is 0. The lowest BCUT2D eigenvalue weighted by Gasteiger charge is -2.13. The van der Waals surface area contributed by atoms with Crippen molar-refractivity contribution in [2.75, 3.05) is 0 Å². The first-order chi connectivity index (χ1) is 15.1. The van der Waals surface area contributed by atoms with Gasteiger partial charge in [-0.3, -0.25) is 0 Å². The molecule has 1 fully saturated rings. The maximum atomic E-state index is 13.7. The topological polar surface area (TPSA) is 29.9 Å². The third-order valence-corrected chi connectivity index (χ3v) is 6.98. The van der Waals surface area contributed by atoms with Crippen LogP contribution in [0.3, 0.4) is 0 Å². The molecular formula is C27H24FN2O+. The summed E-state index contributed by atoms with van der Waals surface area (Å²) in [5.41, 5.74) is 7.03. The third kappa shape index (κ3) is 2.78. The number of furan rings is 1. The largest absolute Gasteiger partial charge is 0.437 e. The Kier molecular flexibility index (Phi) is 4.10. The van der Waals surface area contributed by atoms with Crippen LogP contribution < -0.4 is 4.57 Å². The molecule has 1 aliphatic rings. The van der Waals surface area contributed by atoms with Gasteiger partial charge < -0.3 is 4.42 Å². The quantitative estimate of drug-likeness (QED) is 0.238. The molecule has 0 atom stereocenters. The minimum atomic E-state index is -0.527. The highest BCUT2D eigenvalue weighted by atomic mass is 19.1. The molecule has 0 unspecified atom stereocenters. The zero-order valence-corrected chi connectivity index (χ0v) is 17.8. The summed E-state index contributed by atoms with van der Waals surface area (Å²) in [5, 5.41) is 3.13. The van der Waals surface area contributed by atoms with Gasteiger partial charge in [0.05, 0.1) is 5.56 Å². The molecule has 0 spiro atoms. The first-order valence-corrected chi connectivity index (χ1v) is 11.0. The summed E-state index contributed by atoms with van der Waals surface area (Å²) in [7, 11) is 2.12. The monoisotopic (exact) mass is 411 g/mol. The van der Waals surface area contributed by atoms with Crippen LogP contribution in [-0.4, -0.2) is 4.98 Å². The summed E-state index contributed by atoms with van der Waals surface area (Å²) < 4.78 is 22.1. The van der Waals surface area contributed by atoms with Gasteiger partial charge in [0.15, 0.2) is 5.58 Å². The van der Waals surface area contributed by atoms with E-state index in [1.165, 1.54) is 48.2 Å². The van der Waals surface area contributed by atoms with Gasteiger partial charge in [0.2, 0.25) is 22.9 Å². The van der Waals surface area contributed by atoms with E-state index >= 15 is 0 Å². The Hall–Kier alpha value is -3.27. The average molecular weight is 412 g/mol. The van der Waals surface area contributed by atoms with E-state index in [1.54, 1.807) is 6.07 Å². The zero-order chi connectivity index (χ0) is 21.1. The lowest BCUT2D eigenvalue weighted by molar-refractivity contribution is -0.633. The van der Waals surface area contributed by atoms with Gasteiger partial charge in [-0.2, -0.15) is 13.9 Å². The molecule has 0 bridgehead atoms. The summed E-state index contributed by atoms with van der Waals surface area (Å²) in [6.07, 6.45) is 5.22. The molecule has 0 amide bonds. The van der Waals surface area contributed by atoms with Crippen LogP contribution in [0.15, 0.2) is 59.0 Å². The van der Waals surface area contributed by atoms with E-state index in [1.807, 2.05) is 6.07 Å². The van der Waals surface area contributed by atoms with Crippen LogP contribution in [0.25, 0.3) is 44.2 Å². The number of rotatable bonds is 2. The van der Waals surface area contributed by atoms with Crippen LogP contribution in [0.5, 0.6) is 0 Å². The van der Waals surface area contributed by atoms with E-state index in [-0.39, 0.29) is 0 Å². The van der Waals surface area contributed by atoms with Crippen molar-refractivity contribution in [3.05, 3.63) is 71.7 Å². The fourth-order valence-electron chi connectivity index (χ4n) is 5.41. The van der Waals surface area contributed by atoms with Crippen LogP contribution in [0.4, 0.5) is 4.39 Å². The van der Waals surface area contributed by atoms with Crippen LogP contribution in [0, 0.1) is 12.9 Å². The summed E-state index contributed by atoms with van der Waals surface area (Å²) in [6, 6.07) is 18.4. The Morgan fingerprint density at radius 1 is 0.935 bits per heavy atom. The zero-order valence-electron chi connectivity index (χ0n) is 17.8. The molecule has 3 heterocycles. The molecule has 0 aliphatic heterocycles. The van der Waals surface area contributed by atoms with E-state index in [9.17, 15) is 4.39 Å². The number of aryl methyl sites for hydroxylation is 2. The Morgan fingerprint density at radius 3 is 2.55 bits per heavy atom. The number of hydrogen-bond acceptors (Lipinski definition) is 2. The highest BCUT2D eigenvalue weighted by Gasteiger charge is 2.25. The highest BCUT2D eigenvalue weighted by molar-refractivity contribution is 6.08. The van der Waals surface area contributed by atoms with Crippen molar-refractivity contribution >= 4 is 33.0 Å². The molecule has 0 N–H and O–H groups in total. The number of nitrogens with zero attached hydrogens (tertiary/aromatic N) is 2. The average Bonchev–Trinajstić information content (AvgIpc) is 3.42. The number of fused-ring (bicyclic) bond motifs is 4. The number of benzene rings is 2. The van der Waals surface area contributed by atoms with Crippen molar-refractivity contribution in [3.63, 3.8) is 0 Å². The highest BCUT2D eigenvalue weighted by Crippen LogP contribution is 2.39. The van der Waals surface area contributed by atoms with E-state index < -0.39 is 5.95 Å². The van der Waals surface area contributed by atoms with Crippen molar-refractivity contribution in [3.8, 4) is 11.3 Å². The van der Waals surface area contributed by atoms with Gasteiger partial charge in [0.25, 0.3) is 0 Å². The third-order valence-electron chi connectivity index (χ3n) is 6.98. The molecule has 31 heavy (non-hydrogen) atoms. The molecule has 6 rings (SSSR count). The van der Waals surface area contributed by atoms with E-state index in [4.69, 9.17) is 4.42 Å². The lowest BCUT2D eigenvalue weighted by Crippen LogP contribution is -2.32. The fourth-order valence-corrected chi connectivity index (χ4v) is 5.41. The minimum Gasteiger partial charge on any atom is -0.437 e. The Morgan fingerprint density at radius 2 is 1.71 bits per heavy atom. The molecular weight excluding hydrogens is 387 g/mol. The van der Waals surface area contributed by atoms with E-state index in [0.717, 1.165) is 33.2 Å². The fraction of sp³-hybridized carbons (Fsp3) is 0.259. The predicted octanol–water partition coefficient (Wildman–Crippen LogP) is 6.73. The second-order valence-corrected chi connectivity index (χ2v) is 8.76. The number of hydrogen-bond donors (Lipinski definition) is 0. The molecule has 4 heteroatoms. The minimum absolute atomic E-state index is 0.341. The van der Waals surface area contributed by atoms with Crippen LogP contribution in [0.2, 0.25) is 0 Å². The molecule has 3 aromatic heterocycles. The summed E-state index contributed by atoms with van der Waals surface area (Å²) in [5.74, 6) is 0.136. The first kappa shape index (κ1) is 18.5. The standard InChI is InChI=1S/C27H24FN2O/c1-16-10-11-20-21-13-15-24(28)29-27(21)31-26(20)25(16)23-14-12-19-18(17-6-3-4-7-17)8-5-9-22(19)30(23)2/h5,8-15,17H,3-4,6-7H2,1-2H3/q+1. The van der Waals surface area contributed by atoms with Gasteiger partial charge in [-0.05, 0) is 55.0 Å². The number of halogens is 1. The SMILES string of the molecule is Cc1ccc2c(oc3nc(F)ccc32)c1-c1ccc2c(C3CCCC3)cccc2[n+]1C. The van der Waals surface area contributed by atoms with Gasteiger partial charge in [0.1, 0.15) is 7.05 Å². The van der Waals surface area contributed by atoms with Crippen molar-refractivity contribution < 1.29 is 13.4 Å². The Labute approximate surface area is 180 Å². The Balaban J connectivity index is 1.62. The normalized spacial score (nSPS) is 14.9. The van der Waals surface area contributed by atoms with Crippen LogP contribution >= 0.6 is 0 Å². The van der Waals surface area contributed by atoms with Crippen molar-refractivity contribution in [1.29, 1.82) is 0 Å². The summed E-state index contributed by atoms with van der Waals surface area (Å²) in [4.78, 5) is 3.97. The summed E-state index contributed by atoms with van der Waals surface area (Å²) in [6.45, 7) is 2.09. The lowest BCUT2D eigenvalue weighted by atomic mass is 9.93. The van der Waals surface area contributed by atoms with Crippen molar-refractivity contribution in [1.82, 2.24) is 4.98 Å². The second kappa shape index (κ2) is 6.88. The number of pyridine rings is 2. The maximum Gasteiger partial charge on any atom is 0.229 e. The van der Waals surface area contributed by atoms with Crippen molar-refractivity contribution in [2.24, 2.45) is 7.05 Å². The molecule has 0 radical (unpaired) electrons. The van der Waals surface area contributed by atoms with E-state index in [0.29, 0.717) is 11.6 Å². The van der Waals surface area contributed by atoms with Crippen LogP contribution in [0.1, 0.15) is 42.7 Å².